The molecule has 1 aromatic carbocycles. The molecule has 20 heavy (non-hydrogen) atoms. The Hall–Kier alpha value is -1.71. The van der Waals surface area contributed by atoms with Crippen LogP contribution < -0.4 is 14.8 Å². The molecule has 0 aliphatic carbocycles. The number of aryl methyl sites for hydroxylation is 1. The zero-order valence-corrected chi connectivity index (χ0v) is 12.9. The standard InChI is InChI=1S/C16H25NO3/c1-5-6-7-16(18)17-9-8-13-11-15(20-4)14(19-3)10-12(13)2/h10-11H,5-9H2,1-4H3,(H,17,18). The van der Waals surface area contributed by atoms with Crippen molar-refractivity contribution in [2.45, 2.75) is 39.5 Å². The van der Waals surface area contributed by atoms with E-state index in [0.717, 1.165) is 36.3 Å². The van der Waals surface area contributed by atoms with Gasteiger partial charge in [-0.2, -0.15) is 0 Å². The molecule has 4 nitrogen and oxygen atoms in total. The molecule has 0 unspecified atom stereocenters. The molecule has 1 aromatic rings. The normalized spacial score (nSPS) is 10.2. The minimum Gasteiger partial charge on any atom is -0.493 e. The van der Waals surface area contributed by atoms with Gasteiger partial charge < -0.3 is 14.8 Å². The molecule has 0 aliphatic heterocycles. The lowest BCUT2D eigenvalue weighted by Gasteiger charge is -2.13. The van der Waals surface area contributed by atoms with Gasteiger partial charge in [-0.25, -0.2) is 0 Å². The summed E-state index contributed by atoms with van der Waals surface area (Å²) in [5.41, 5.74) is 2.31. The monoisotopic (exact) mass is 279 g/mol. The van der Waals surface area contributed by atoms with Gasteiger partial charge in [-0.05, 0) is 43.0 Å². The van der Waals surface area contributed by atoms with Crippen LogP contribution in [0.1, 0.15) is 37.3 Å². The fraction of sp³-hybridized carbons (Fsp3) is 0.562. The molecule has 1 rings (SSSR count). The van der Waals surface area contributed by atoms with E-state index in [9.17, 15) is 4.79 Å². The minimum absolute atomic E-state index is 0.130. The number of hydrogen-bond acceptors (Lipinski definition) is 3. The molecular formula is C16H25NO3. The Balaban J connectivity index is 2.57. The molecule has 0 atom stereocenters. The van der Waals surface area contributed by atoms with E-state index in [1.54, 1.807) is 14.2 Å². The van der Waals surface area contributed by atoms with Crippen LogP contribution in [0.25, 0.3) is 0 Å². The predicted octanol–water partition coefficient (Wildman–Crippen LogP) is 2.86. The van der Waals surface area contributed by atoms with Crippen molar-refractivity contribution in [1.29, 1.82) is 0 Å². The smallest absolute Gasteiger partial charge is 0.220 e. The van der Waals surface area contributed by atoms with E-state index in [1.165, 1.54) is 5.56 Å². The first-order valence-corrected chi connectivity index (χ1v) is 7.10. The second-order valence-electron chi connectivity index (χ2n) is 4.84. The number of nitrogens with one attached hydrogen (secondary N) is 1. The number of carbonyl (C=O) groups excluding carboxylic acids is 1. The maximum absolute atomic E-state index is 11.5. The van der Waals surface area contributed by atoms with Gasteiger partial charge in [-0.1, -0.05) is 13.3 Å². The van der Waals surface area contributed by atoms with E-state index < -0.39 is 0 Å². The third-order valence-electron chi connectivity index (χ3n) is 3.32. The average molecular weight is 279 g/mol. The van der Waals surface area contributed by atoms with Crippen molar-refractivity contribution in [3.63, 3.8) is 0 Å². The number of rotatable bonds is 8. The lowest BCUT2D eigenvalue weighted by Crippen LogP contribution is -2.25. The van der Waals surface area contributed by atoms with E-state index in [-0.39, 0.29) is 5.91 Å². The number of benzene rings is 1. The molecule has 4 heteroatoms. The molecule has 0 aromatic heterocycles. The first-order chi connectivity index (χ1) is 9.62. The van der Waals surface area contributed by atoms with E-state index in [0.29, 0.717) is 13.0 Å². The molecule has 1 N–H and O–H groups in total. The summed E-state index contributed by atoms with van der Waals surface area (Å²) in [5, 5.41) is 2.95. The zero-order valence-electron chi connectivity index (χ0n) is 12.9. The predicted molar refractivity (Wildman–Crippen MR) is 80.5 cm³/mol. The average Bonchev–Trinajstić information content (AvgIpc) is 2.46. The largest absolute Gasteiger partial charge is 0.493 e. The number of unbranched alkanes of at least 4 members (excludes halogenated alkanes) is 1. The molecule has 0 heterocycles. The molecule has 1 amide bonds. The summed E-state index contributed by atoms with van der Waals surface area (Å²) >= 11 is 0. The summed E-state index contributed by atoms with van der Waals surface area (Å²) in [4.78, 5) is 11.5. The Morgan fingerprint density at radius 2 is 1.85 bits per heavy atom. The van der Waals surface area contributed by atoms with Crippen LogP contribution in [-0.4, -0.2) is 26.7 Å². The van der Waals surface area contributed by atoms with Crippen LogP contribution >= 0.6 is 0 Å². The van der Waals surface area contributed by atoms with Gasteiger partial charge in [0.2, 0.25) is 5.91 Å². The molecule has 0 fully saturated rings. The van der Waals surface area contributed by atoms with Crippen LogP contribution in [0.15, 0.2) is 12.1 Å². The number of carbonyl (C=O) groups is 1. The molecule has 0 aliphatic rings. The summed E-state index contributed by atoms with van der Waals surface area (Å²) in [6, 6.07) is 3.94. The topological polar surface area (TPSA) is 47.6 Å². The van der Waals surface area contributed by atoms with Crippen molar-refractivity contribution < 1.29 is 14.3 Å². The minimum atomic E-state index is 0.130. The lowest BCUT2D eigenvalue weighted by atomic mass is 10.0. The second kappa shape index (κ2) is 8.46. The van der Waals surface area contributed by atoms with Crippen LogP contribution in [0, 0.1) is 6.92 Å². The first-order valence-electron chi connectivity index (χ1n) is 7.10. The molecule has 0 saturated carbocycles. The number of amides is 1. The Morgan fingerprint density at radius 1 is 1.20 bits per heavy atom. The van der Waals surface area contributed by atoms with E-state index in [2.05, 4.69) is 12.2 Å². The van der Waals surface area contributed by atoms with Gasteiger partial charge in [0, 0.05) is 13.0 Å². The van der Waals surface area contributed by atoms with Crippen molar-refractivity contribution in [2.75, 3.05) is 20.8 Å². The molecule has 0 saturated heterocycles. The van der Waals surface area contributed by atoms with Gasteiger partial charge in [0.25, 0.3) is 0 Å². The fourth-order valence-corrected chi connectivity index (χ4v) is 2.05. The maximum Gasteiger partial charge on any atom is 0.220 e. The molecule has 112 valence electrons. The third kappa shape index (κ3) is 4.76. The highest BCUT2D eigenvalue weighted by molar-refractivity contribution is 5.75. The van der Waals surface area contributed by atoms with Gasteiger partial charge in [0.15, 0.2) is 11.5 Å². The second-order valence-corrected chi connectivity index (χ2v) is 4.84. The summed E-state index contributed by atoms with van der Waals surface area (Å²) in [6.45, 7) is 4.77. The van der Waals surface area contributed by atoms with Crippen LogP contribution in [0.5, 0.6) is 11.5 Å². The SMILES string of the molecule is CCCCC(=O)NCCc1cc(OC)c(OC)cc1C. The Labute approximate surface area is 121 Å². The maximum atomic E-state index is 11.5. The van der Waals surface area contributed by atoms with E-state index in [1.807, 2.05) is 19.1 Å². The van der Waals surface area contributed by atoms with Gasteiger partial charge in [-0.3, -0.25) is 4.79 Å². The van der Waals surface area contributed by atoms with E-state index >= 15 is 0 Å². The number of ether oxygens (including phenoxy) is 2. The quantitative estimate of drug-likeness (QED) is 0.796. The molecule has 0 spiro atoms. The van der Waals surface area contributed by atoms with Crippen molar-refractivity contribution in [2.24, 2.45) is 0 Å². The lowest BCUT2D eigenvalue weighted by molar-refractivity contribution is -0.121. The third-order valence-corrected chi connectivity index (χ3v) is 3.32. The van der Waals surface area contributed by atoms with Crippen molar-refractivity contribution >= 4 is 5.91 Å². The number of hydrogen-bond donors (Lipinski definition) is 1. The Morgan fingerprint density at radius 3 is 2.45 bits per heavy atom. The first kappa shape index (κ1) is 16.3. The Bertz CT molecular complexity index is 444. The van der Waals surface area contributed by atoms with Gasteiger partial charge in [-0.15, -0.1) is 0 Å². The van der Waals surface area contributed by atoms with Crippen molar-refractivity contribution in [1.82, 2.24) is 5.32 Å². The van der Waals surface area contributed by atoms with Gasteiger partial charge >= 0.3 is 0 Å². The highest BCUT2D eigenvalue weighted by Crippen LogP contribution is 2.30. The fourth-order valence-electron chi connectivity index (χ4n) is 2.05. The molecule has 0 bridgehead atoms. The summed E-state index contributed by atoms with van der Waals surface area (Å²) < 4.78 is 10.6. The van der Waals surface area contributed by atoms with Crippen molar-refractivity contribution in [3.05, 3.63) is 23.3 Å². The summed E-state index contributed by atoms with van der Waals surface area (Å²) in [5.74, 6) is 1.59. The highest BCUT2D eigenvalue weighted by atomic mass is 16.5. The Kier molecular flexibility index (Phi) is 6.91. The molecule has 0 radical (unpaired) electrons. The summed E-state index contributed by atoms with van der Waals surface area (Å²) in [7, 11) is 3.26. The zero-order chi connectivity index (χ0) is 15.0. The van der Waals surface area contributed by atoms with Crippen molar-refractivity contribution in [3.8, 4) is 11.5 Å². The highest BCUT2D eigenvalue weighted by Gasteiger charge is 2.08. The van der Waals surface area contributed by atoms with Crippen LogP contribution in [0.4, 0.5) is 0 Å². The van der Waals surface area contributed by atoms with Crippen LogP contribution in [-0.2, 0) is 11.2 Å². The summed E-state index contributed by atoms with van der Waals surface area (Å²) in [6.07, 6.45) is 3.40. The van der Waals surface area contributed by atoms with E-state index in [4.69, 9.17) is 9.47 Å². The van der Waals surface area contributed by atoms with Crippen LogP contribution in [0.2, 0.25) is 0 Å². The molecular weight excluding hydrogens is 254 g/mol. The van der Waals surface area contributed by atoms with Crippen LogP contribution in [0.3, 0.4) is 0 Å². The van der Waals surface area contributed by atoms with Gasteiger partial charge in [0.1, 0.15) is 0 Å². The van der Waals surface area contributed by atoms with Gasteiger partial charge in [0.05, 0.1) is 14.2 Å². The number of methoxy groups -OCH3 is 2.